The molecular formula is C10H18N2O2. The van der Waals surface area contributed by atoms with E-state index in [0.29, 0.717) is 13.0 Å². The highest BCUT2D eigenvalue weighted by molar-refractivity contribution is 5.68. The first-order valence-corrected chi connectivity index (χ1v) is 4.85. The molecule has 0 saturated carbocycles. The highest BCUT2D eigenvalue weighted by Gasteiger charge is 2.00. The summed E-state index contributed by atoms with van der Waals surface area (Å²) in [5.41, 5.74) is 0.916. The number of esters is 1. The van der Waals surface area contributed by atoms with Crippen LogP contribution in [0.1, 0.15) is 32.8 Å². The van der Waals surface area contributed by atoms with Crippen LogP contribution in [0.2, 0.25) is 0 Å². The summed E-state index contributed by atoms with van der Waals surface area (Å²) in [5.74, 6) is -0.182. The van der Waals surface area contributed by atoms with E-state index in [2.05, 4.69) is 5.10 Å². The van der Waals surface area contributed by atoms with Crippen molar-refractivity contribution in [2.45, 2.75) is 33.8 Å². The lowest BCUT2D eigenvalue weighted by atomic mass is 10.4. The second kappa shape index (κ2) is 7.12. The average Bonchev–Trinajstić information content (AvgIpc) is 2.64. The minimum Gasteiger partial charge on any atom is -0.461 e. The lowest BCUT2D eigenvalue weighted by Gasteiger charge is -1.98. The molecule has 1 aromatic rings. The predicted molar refractivity (Wildman–Crippen MR) is 54.6 cm³/mol. The van der Waals surface area contributed by atoms with Gasteiger partial charge in [0.1, 0.15) is 6.61 Å². The lowest BCUT2D eigenvalue weighted by Crippen LogP contribution is -2.01. The Balaban J connectivity index is 0.000000791. The van der Waals surface area contributed by atoms with Crippen molar-refractivity contribution in [1.82, 2.24) is 9.78 Å². The summed E-state index contributed by atoms with van der Waals surface area (Å²) >= 11 is 0. The smallest absolute Gasteiger partial charge is 0.305 e. The summed E-state index contributed by atoms with van der Waals surface area (Å²) in [6.07, 6.45) is 3.92. The van der Waals surface area contributed by atoms with Gasteiger partial charge in [0, 0.05) is 25.2 Å². The molecule has 0 fully saturated rings. The van der Waals surface area contributed by atoms with Gasteiger partial charge in [0.2, 0.25) is 0 Å². The largest absolute Gasteiger partial charge is 0.461 e. The number of aryl methyl sites for hydroxylation is 1. The summed E-state index contributed by atoms with van der Waals surface area (Å²) in [4.78, 5) is 10.7. The number of ether oxygens (including phenoxy) is 1. The third-order valence-corrected chi connectivity index (χ3v) is 1.45. The molecule has 14 heavy (non-hydrogen) atoms. The summed E-state index contributed by atoms with van der Waals surface area (Å²) in [5, 5.41) is 3.95. The van der Waals surface area contributed by atoms with Gasteiger partial charge in [0.25, 0.3) is 0 Å². The van der Waals surface area contributed by atoms with Gasteiger partial charge in [-0.05, 0) is 0 Å². The maximum absolute atomic E-state index is 10.7. The van der Waals surface area contributed by atoms with E-state index < -0.39 is 0 Å². The van der Waals surface area contributed by atoms with Gasteiger partial charge >= 0.3 is 5.97 Å². The molecule has 0 spiro atoms. The standard InChI is InChI=1S/C8H12N2O2.C2H6/c1-3-8(11)12-6-7-4-9-10(2)5-7;1-2/h4-5H,3,6H2,1-2H3;1-2H3. The maximum Gasteiger partial charge on any atom is 0.305 e. The zero-order valence-electron chi connectivity index (χ0n) is 9.28. The molecule has 4 nitrogen and oxygen atoms in total. The molecule has 0 aliphatic carbocycles. The number of hydrogen-bond acceptors (Lipinski definition) is 3. The molecule has 4 heteroatoms. The molecule has 0 unspecified atom stereocenters. The molecule has 0 N–H and O–H groups in total. The van der Waals surface area contributed by atoms with Gasteiger partial charge in [-0.2, -0.15) is 5.10 Å². The van der Waals surface area contributed by atoms with Crippen LogP contribution in [0.5, 0.6) is 0 Å². The van der Waals surface area contributed by atoms with Crippen molar-refractivity contribution in [3.8, 4) is 0 Å². The van der Waals surface area contributed by atoms with Crippen molar-refractivity contribution in [3.63, 3.8) is 0 Å². The summed E-state index contributed by atoms with van der Waals surface area (Å²) in [6, 6.07) is 0. The Bertz CT molecular complexity index is 269. The van der Waals surface area contributed by atoms with Gasteiger partial charge in [-0.3, -0.25) is 9.48 Å². The number of carbonyl (C=O) groups is 1. The van der Waals surface area contributed by atoms with Crippen LogP contribution >= 0.6 is 0 Å². The van der Waals surface area contributed by atoms with E-state index >= 15 is 0 Å². The van der Waals surface area contributed by atoms with Crippen LogP contribution in [-0.2, 0) is 23.2 Å². The Hall–Kier alpha value is -1.32. The van der Waals surface area contributed by atoms with Crippen molar-refractivity contribution in [2.24, 2.45) is 7.05 Å². The molecule has 0 aliphatic rings. The van der Waals surface area contributed by atoms with E-state index in [-0.39, 0.29) is 5.97 Å². The Labute approximate surface area is 84.9 Å². The molecule has 1 rings (SSSR count). The van der Waals surface area contributed by atoms with Gasteiger partial charge in [0.05, 0.1) is 6.20 Å². The molecule has 0 radical (unpaired) electrons. The fraction of sp³-hybridized carbons (Fsp3) is 0.600. The van der Waals surface area contributed by atoms with Crippen LogP contribution in [0.4, 0.5) is 0 Å². The van der Waals surface area contributed by atoms with E-state index in [9.17, 15) is 4.79 Å². The summed E-state index contributed by atoms with van der Waals surface area (Å²) < 4.78 is 6.57. The second-order valence-corrected chi connectivity index (χ2v) is 2.54. The van der Waals surface area contributed by atoms with E-state index in [1.807, 2.05) is 27.1 Å². The van der Waals surface area contributed by atoms with Gasteiger partial charge in [-0.15, -0.1) is 0 Å². The highest BCUT2D eigenvalue weighted by Crippen LogP contribution is 1.99. The Kier molecular flexibility index (Phi) is 6.45. The molecule has 1 aromatic heterocycles. The van der Waals surface area contributed by atoms with E-state index in [4.69, 9.17) is 4.74 Å². The maximum atomic E-state index is 10.7. The molecule has 0 aliphatic heterocycles. The molecule has 0 aromatic carbocycles. The van der Waals surface area contributed by atoms with Crippen LogP contribution in [0.15, 0.2) is 12.4 Å². The van der Waals surface area contributed by atoms with Gasteiger partial charge < -0.3 is 4.74 Å². The quantitative estimate of drug-likeness (QED) is 0.697. The third-order valence-electron chi connectivity index (χ3n) is 1.45. The first kappa shape index (κ1) is 12.7. The summed E-state index contributed by atoms with van der Waals surface area (Å²) in [7, 11) is 1.82. The molecule has 80 valence electrons. The van der Waals surface area contributed by atoms with Crippen LogP contribution < -0.4 is 0 Å². The topological polar surface area (TPSA) is 44.1 Å². The van der Waals surface area contributed by atoms with Crippen LogP contribution in [-0.4, -0.2) is 15.7 Å². The lowest BCUT2D eigenvalue weighted by molar-refractivity contribution is -0.144. The minimum absolute atomic E-state index is 0.182. The third kappa shape index (κ3) is 4.64. The van der Waals surface area contributed by atoms with E-state index in [1.165, 1.54) is 0 Å². The number of carbonyl (C=O) groups excluding carboxylic acids is 1. The Morgan fingerprint density at radius 3 is 2.64 bits per heavy atom. The first-order chi connectivity index (χ1) is 6.72. The van der Waals surface area contributed by atoms with Crippen LogP contribution in [0.3, 0.4) is 0 Å². The van der Waals surface area contributed by atoms with Crippen molar-refractivity contribution < 1.29 is 9.53 Å². The zero-order chi connectivity index (χ0) is 11.0. The van der Waals surface area contributed by atoms with Gasteiger partial charge in [-0.25, -0.2) is 0 Å². The molecule has 0 bridgehead atoms. The van der Waals surface area contributed by atoms with Crippen molar-refractivity contribution in [2.75, 3.05) is 0 Å². The number of rotatable bonds is 3. The molecule has 0 saturated heterocycles. The molecule has 0 amide bonds. The van der Waals surface area contributed by atoms with Crippen LogP contribution in [0, 0.1) is 0 Å². The van der Waals surface area contributed by atoms with E-state index in [0.717, 1.165) is 5.56 Å². The average molecular weight is 198 g/mol. The first-order valence-electron chi connectivity index (χ1n) is 4.85. The van der Waals surface area contributed by atoms with Crippen LogP contribution in [0.25, 0.3) is 0 Å². The normalized spacial score (nSPS) is 8.86. The van der Waals surface area contributed by atoms with Crippen molar-refractivity contribution >= 4 is 5.97 Å². The van der Waals surface area contributed by atoms with Gasteiger partial charge in [-0.1, -0.05) is 20.8 Å². The number of nitrogens with zero attached hydrogens (tertiary/aromatic N) is 2. The SMILES string of the molecule is CC.CCC(=O)OCc1cnn(C)c1. The predicted octanol–water partition coefficient (Wildman–Crippen LogP) is 1.90. The Morgan fingerprint density at radius 2 is 2.21 bits per heavy atom. The van der Waals surface area contributed by atoms with E-state index in [1.54, 1.807) is 17.8 Å². The number of aromatic nitrogens is 2. The fourth-order valence-corrected chi connectivity index (χ4v) is 0.812. The molecule has 0 atom stereocenters. The Morgan fingerprint density at radius 1 is 1.57 bits per heavy atom. The fourth-order valence-electron chi connectivity index (χ4n) is 0.812. The minimum atomic E-state index is -0.182. The van der Waals surface area contributed by atoms with Crippen molar-refractivity contribution in [1.29, 1.82) is 0 Å². The highest BCUT2D eigenvalue weighted by atomic mass is 16.5. The summed E-state index contributed by atoms with van der Waals surface area (Å²) in [6.45, 7) is 6.09. The monoisotopic (exact) mass is 198 g/mol. The second-order valence-electron chi connectivity index (χ2n) is 2.54. The van der Waals surface area contributed by atoms with Crippen molar-refractivity contribution in [3.05, 3.63) is 18.0 Å². The molecular weight excluding hydrogens is 180 g/mol. The zero-order valence-corrected chi connectivity index (χ0v) is 9.28. The number of hydrogen-bond donors (Lipinski definition) is 0. The molecule has 1 heterocycles. The van der Waals surface area contributed by atoms with Gasteiger partial charge in [0.15, 0.2) is 0 Å².